The van der Waals surface area contributed by atoms with Crippen LogP contribution in [0.4, 0.5) is 5.69 Å². The summed E-state index contributed by atoms with van der Waals surface area (Å²) >= 11 is 1.36. The Morgan fingerprint density at radius 1 is 1.50 bits per heavy atom. The molecule has 1 aromatic carbocycles. The van der Waals surface area contributed by atoms with Gasteiger partial charge in [0.05, 0.1) is 18.7 Å². The van der Waals surface area contributed by atoms with E-state index in [1.165, 1.54) is 11.8 Å². The van der Waals surface area contributed by atoms with Crippen molar-refractivity contribution >= 4 is 28.3 Å². The van der Waals surface area contributed by atoms with Crippen LogP contribution in [0.3, 0.4) is 0 Å². The molecule has 2 rings (SSSR count). The SMILES string of the molecule is [C-]#[N+]c1ccc(C2=NOC(CC(=O)SCCC)C2)cc1. The maximum Gasteiger partial charge on any atom is 0.192 e. The van der Waals surface area contributed by atoms with Gasteiger partial charge in [0.25, 0.3) is 0 Å². The predicted molar refractivity (Wildman–Crippen MR) is 81.1 cm³/mol. The maximum atomic E-state index is 11.7. The van der Waals surface area contributed by atoms with Crippen LogP contribution < -0.4 is 0 Å². The van der Waals surface area contributed by atoms with Crippen LogP contribution in [0, 0.1) is 6.57 Å². The number of hydrogen-bond donors (Lipinski definition) is 0. The maximum absolute atomic E-state index is 11.7. The molecule has 1 heterocycles. The second-order valence-electron chi connectivity index (χ2n) is 4.55. The lowest BCUT2D eigenvalue weighted by Gasteiger charge is -2.06. The molecule has 0 amide bonds. The van der Waals surface area contributed by atoms with Gasteiger partial charge in [-0.05, 0) is 12.0 Å². The first-order chi connectivity index (χ1) is 9.72. The van der Waals surface area contributed by atoms with Gasteiger partial charge in [-0.25, -0.2) is 4.85 Å². The standard InChI is InChI=1S/C15H16N2O2S/c1-3-8-20-15(18)10-13-9-14(17-19-13)11-4-6-12(16-2)7-5-11/h4-7,13H,3,8-10H2,1H3. The van der Waals surface area contributed by atoms with Crippen molar-refractivity contribution < 1.29 is 9.63 Å². The van der Waals surface area contributed by atoms with Crippen LogP contribution in [-0.4, -0.2) is 22.7 Å². The smallest absolute Gasteiger partial charge is 0.192 e. The van der Waals surface area contributed by atoms with E-state index in [1.54, 1.807) is 12.1 Å². The molecule has 5 heteroatoms. The van der Waals surface area contributed by atoms with E-state index in [9.17, 15) is 4.79 Å². The summed E-state index contributed by atoms with van der Waals surface area (Å²) in [5, 5.41) is 4.22. The Morgan fingerprint density at radius 3 is 2.90 bits per heavy atom. The highest BCUT2D eigenvalue weighted by atomic mass is 32.2. The van der Waals surface area contributed by atoms with Crippen LogP contribution >= 0.6 is 11.8 Å². The number of oxime groups is 1. The van der Waals surface area contributed by atoms with Crippen LogP contribution in [0.5, 0.6) is 0 Å². The highest BCUT2D eigenvalue weighted by Gasteiger charge is 2.24. The van der Waals surface area contributed by atoms with Crippen molar-refractivity contribution in [1.29, 1.82) is 0 Å². The Labute approximate surface area is 123 Å². The van der Waals surface area contributed by atoms with Crippen molar-refractivity contribution in [1.82, 2.24) is 0 Å². The van der Waals surface area contributed by atoms with Gasteiger partial charge in [0.1, 0.15) is 6.10 Å². The van der Waals surface area contributed by atoms with E-state index in [2.05, 4.69) is 16.9 Å². The molecule has 0 aromatic heterocycles. The quantitative estimate of drug-likeness (QED) is 0.774. The van der Waals surface area contributed by atoms with Gasteiger partial charge in [0.15, 0.2) is 10.8 Å². The first kappa shape index (κ1) is 14.6. The topological polar surface area (TPSA) is 43.0 Å². The number of carbonyl (C=O) groups is 1. The van der Waals surface area contributed by atoms with E-state index in [1.807, 2.05) is 12.1 Å². The fourth-order valence-corrected chi connectivity index (χ4v) is 2.63. The summed E-state index contributed by atoms with van der Waals surface area (Å²) in [6, 6.07) is 7.26. The molecule has 1 unspecified atom stereocenters. The Morgan fingerprint density at radius 2 is 2.25 bits per heavy atom. The van der Waals surface area contributed by atoms with Crippen molar-refractivity contribution in [2.24, 2.45) is 5.16 Å². The zero-order valence-electron chi connectivity index (χ0n) is 11.3. The Balaban J connectivity index is 1.88. The van der Waals surface area contributed by atoms with Crippen LogP contribution in [-0.2, 0) is 9.63 Å². The van der Waals surface area contributed by atoms with E-state index in [0.29, 0.717) is 18.5 Å². The molecule has 0 N–H and O–H groups in total. The summed E-state index contributed by atoms with van der Waals surface area (Å²) in [5.74, 6) is 0.858. The monoisotopic (exact) mass is 288 g/mol. The van der Waals surface area contributed by atoms with Crippen molar-refractivity contribution in [2.45, 2.75) is 32.3 Å². The van der Waals surface area contributed by atoms with Crippen LogP contribution in [0.15, 0.2) is 29.4 Å². The summed E-state index contributed by atoms with van der Waals surface area (Å²) in [4.78, 5) is 20.4. The van der Waals surface area contributed by atoms with Gasteiger partial charge in [-0.1, -0.05) is 48.1 Å². The largest absolute Gasteiger partial charge is 0.391 e. The molecule has 0 bridgehead atoms. The summed E-state index contributed by atoms with van der Waals surface area (Å²) in [6.07, 6.45) is 1.90. The average Bonchev–Trinajstić information content (AvgIpc) is 2.93. The summed E-state index contributed by atoms with van der Waals surface area (Å²) < 4.78 is 0. The minimum atomic E-state index is -0.151. The first-order valence-electron chi connectivity index (χ1n) is 6.59. The Kier molecular flexibility index (Phi) is 5.19. The fraction of sp³-hybridized carbons (Fsp3) is 0.400. The molecule has 1 aromatic rings. The lowest BCUT2D eigenvalue weighted by atomic mass is 10.0. The third-order valence-corrected chi connectivity index (χ3v) is 4.03. The molecule has 0 spiro atoms. The second kappa shape index (κ2) is 7.11. The molecule has 0 radical (unpaired) electrons. The van der Waals surface area contributed by atoms with Crippen molar-refractivity contribution in [2.75, 3.05) is 5.75 Å². The number of carbonyl (C=O) groups excluding carboxylic acids is 1. The number of benzene rings is 1. The van der Waals surface area contributed by atoms with Crippen LogP contribution in [0.1, 0.15) is 31.7 Å². The summed E-state index contributed by atoms with van der Waals surface area (Å²) in [5.41, 5.74) is 2.41. The highest BCUT2D eigenvalue weighted by molar-refractivity contribution is 8.13. The lowest BCUT2D eigenvalue weighted by molar-refractivity contribution is -0.113. The lowest BCUT2D eigenvalue weighted by Crippen LogP contribution is -2.12. The van der Waals surface area contributed by atoms with Crippen LogP contribution in [0.2, 0.25) is 0 Å². The van der Waals surface area contributed by atoms with E-state index in [-0.39, 0.29) is 11.2 Å². The molecule has 0 aliphatic carbocycles. The van der Waals surface area contributed by atoms with Crippen molar-refractivity contribution in [3.05, 3.63) is 41.2 Å². The number of hydrogen-bond acceptors (Lipinski definition) is 4. The molecule has 1 aliphatic rings. The summed E-state index contributed by atoms with van der Waals surface area (Å²) in [7, 11) is 0. The zero-order valence-corrected chi connectivity index (χ0v) is 12.2. The van der Waals surface area contributed by atoms with Gasteiger partial charge in [-0.15, -0.1) is 0 Å². The average molecular weight is 288 g/mol. The molecule has 20 heavy (non-hydrogen) atoms. The minimum Gasteiger partial charge on any atom is -0.391 e. The van der Waals surface area contributed by atoms with E-state index in [0.717, 1.165) is 23.4 Å². The van der Waals surface area contributed by atoms with E-state index in [4.69, 9.17) is 11.4 Å². The molecule has 0 saturated heterocycles. The first-order valence-corrected chi connectivity index (χ1v) is 7.57. The molecular formula is C15H16N2O2S. The fourth-order valence-electron chi connectivity index (χ4n) is 1.90. The highest BCUT2D eigenvalue weighted by Crippen LogP contribution is 2.23. The van der Waals surface area contributed by atoms with Gasteiger partial charge >= 0.3 is 0 Å². The van der Waals surface area contributed by atoms with Crippen LogP contribution in [0.25, 0.3) is 4.85 Å². The predicted octanol–water partition coefficient (Wildman–Crippen LogP) is 3.79. The third-order valence-electron chi connectivity index (χ3n) is 2.92. The van der Waals surface area contributed by atoms with E-state index >= 15 is 0 Å². The number of rotatable bonds is 5. The number of nitrogens with zero attached hydrogens (tertiary/aromatic N) is 2. The van der Waals surface area contributed by atoms with Gasteiger partial charge in [0, 0.05) is 12.2 Å². The zero-order chi connectivity index (χ0) is 14.4. The van der Waals surface area contributed by atoms with Crippen molar-refractivity contribution in [3.63, 3.8) is 0 Å². The molecule has 104 valence electrons. The van der Waals surface area contributed by atoms with Gasteiger partial charge in [0.2, 0.25) is 0 Å². The van der Waals surface area contributed by atoms with Crippen molar-refractivity contribution in [3.8, 4) is 0 Å². The molecule has 0 fully saturated rings. The van der Waals surface area contributed by atoms with Gasteiger partial charge in [-0.2, -0.15) is 0 Å². The number of thioether (sulfide) groups is 1. The molecule has 1 atom stereocenters. The minimum absolute atomic E-state index is 0.151. The Hall–Kier alpha value is -1.80. The van der Waals surface area contributed by atoms with Gasteiger partial charge < -0.3 is 4.84 Å². The second-order valence-corrected chi connectivity index (χ2v) is 5.71. The molecule has 4 nitrogen and oxygen atoms in total. The van der Waals surface area contributed by atoms with E-state index < -0.39 is 0 Å². The Bertz CT molecular complexity index is 546. The molecular weight excluding hydrogens is 272 g/mol. The summed E-state index contributed by atoms with van der Waals surface area (Å²) in [6.45, 7) is 8.97. The third kappa shape index (κ3) is 3.84. The molecule has 1 aliphatic heterocycles. The molecule has 0 saturated carbocycles. The van der Waals surface area contributed by atoms with Gasteiger partial charge in [-0.3, -0.25) is 4.79 Å². The normalized spacial score (nSPS) is 17.2.